The molecule has 0 spiro atoms. The van der Waals surface area contributed by atoms with Crippen LogP contribution in [0.25, 0.3) is 11.3 Å². The zero-order chi connectivity index (χ0) is 17.1. The van der Waals surface area contributed by atoms with Crippen molar-refractivity contribution in [2.24, 2.45) is 0 Å². The highest BCUT2D eigenvalue weighted by molar-refractivity contribution is 6.30. The minimum atomic E-state index is -0.984. The highest BCUT2D eigenvalue weighted by Gasteiger charge is 2.15. The molecule has 3 rings (SSSR count). The summed E-state index contributed by atoms with van der Waals surface area (Å²) >= 11 is 5.81. The summed E-state index contributed by atoms with van der Waals surface area (Å²) in [6.45, 7) is -0.202. The second kappa shape index (κ2) is 6.80. The molecule has 3 aromatic rings. The van der Waals surface area contributed by atoms with Crippen molar-refractivity contribution < 1.29 is 22.8 Å². The van der Waals surface area contributed by atoms with Gasteiger partial charge < -0.3 is 9.26 Å². The van der Waals surface area contributed by atoms with E-state index < -0.39 is 17.6 Å². The number of rotatable bonds is 4. The molecule has 0 radical (unpaired) electrons. The number of ether oxygens (including phenoxy) is 1. The minimum Gasteiger partial charge on any atom is -0.455 e. The van der Waals surface area contributed by atoms with E-state index in [4.69, 9.17) is 20.9 Å². The van der Waals surface area contributed by atoms with Gasteiger partial charge in [0.1, 0.15) is 23.9 Å². The first-order valence-electron chi connectivity index (χ1n) is 6.86. The van der Waals surface area contributed by atoms with Gasteiger partial charge in [-0.05, 0) is 36.4 Å². The van der Waals surface area contributed by atoms with Crippen molar-refractivity contribution in [2.75, 3.05) is 0 Å². The fraction of sp³-hybridized carbons (Fsp3) is 0.0588. The summed E-state index contributed by atoms with van der Waals surface area (Å²) in [6, 6.07) is 11.1. The van der Waals surface area contributed by atoms with Gasteiger partial charge in [0.2, 0.25) is 0 Å². The SMILES string of the molecule is O=C(OCc1cc(-c2ccc(Cl)cc2)on1)c1ccc(F)cc1F. The van der Waals surface area contributed by atoms with Gasteiger partial charge >= 0.3 is 5.97 Å². The topological polar surface area (TPSA) is 52.3 Å². The summed E-state index contributed by atoms with van der Waals surface area (Å²) in [5.74, 6) is -2.19. The van der Waals surface area contributed by atoms with Crippen LogP contribution in [0, 0.1) is 11.6 Å². The van der Waals surface area contributed by atoms with Crippen LogP contribution in [0.5, 0.6) is 0 Å². The van der Waals surface area contributed by atoms with E-state index in [0.29, 0.717) is 22.5 Å². The minimum absolute atomic E-state index is 0.202. The Labute approximate surface area is 140 Å². The Morgan fingerprint density at radius 3 is 2.58 bits per heavy atom. The lowest BCUT2D eigenvalue weighted by molar-refractivity contribution is 0.0459. The summed E-state index contributed by atoms with van der Waals surface area (Å²) in [5, 5.41) is 4.37. The van der Waals surface area contributed by atoms with Crippen LogP contribution in [0.4, 0.5) is 8.78 Å². The average Bonchev–Trinajstić information content (AvgIpc) is 3.02. The van der Waals surface area contributed by atoms with Gasteiger partial charge in [0.05, 0.1) is 5.56 Å². The average molecular weight is 350 g/mol. The van der Waals surface area contributed by atoms with Crippen molar-refractivity contribution in [2.45, 2.75) is 6.61 Å². The maximum atomic E-state index is 13.5. The maximum Gasteiger partial charge on any atom is 0.341 e. The van der Waals surface area contributed by atoms with E-state index >= 15 is 0 Å². The van der Waals surface area contributed by atoms with E-state index in [1.54, 1.807) is 30.3 Å². The number of benzene rings is 2. The van der Waals surface area contributed by atoms with E-state index in [0.717, 1.165) is 17.7 Å². The zero-order valence-corrected chi connectivity index (χ0v) is 12.9. The molecule has 1 aromatic heterocycles. The molecule has 0 aliphatic carbocycles. The normalized spacial score (nSPS) is 10.6. The van der Waals surface area contributed by atoms with Crippen molar-refractivity contribution in [3.05, 3.63) is 76.4 Å². The molecule has 122 valence electrons. The van der Waals surface area contributed by atoms with Crippen LogP contribution in [-0.2, 0) is 11.3 Å². The van der Waals surface area contributed by atoms with Crippen molar-refractivity contribution >= 4 is 17.6 Å². The molecule has 7 heteroatoms. The Kier molecular flexibility index (Phi) is 4.57. The number of esters is 1. The number of aromatic nitrogens is 1. The predicted octanol–water partition coefficient (Wildman–Crippen LogP) is 4.63. The molecule has 0 bridgehead atoms. The van der Waals surface area contributed by atoms with E-state index in [1.165, 1.54) is 0 Å². The second-order valence-corrected chi connectivity index (χ2v) is 5.33. The number of hydrogen-bond donors (Lipinski definition) is 0. The Morgan fingerprint density at radius 2 is 1.88 bits per heavy atom. The standard InChI is InChI=1S/C17H10ClF2NO3/c18-11-3-1-10(2-4-11)16-8-13(21-24-16)9-23-17(22)14-6-5-12(19)7-15(14)20/h1-8H,9H2. The van der Waals surface area contributed by atoms with E-state index in [1.807, 2.05) is 0 Å². The van der Waals surface area contributed by atoms with Gasteiger partial charge in [-0.15, -0.1) is 0 Å². The molecule has 2 aromatic carbocycles. The molecular formula is C17H10ClF2NO3. The quantitative estimate of drug-likeness (QED) is 0.644. The molecule has 0 aliphatic heterocycles. The van der Waals surface area contributed by atoms with Gasteiger partial charge in [0.25, 0.3) is 0 Å². The van der Waals surface area contributed by atoms with Crippen LogP contribution in [0.15, 0.2) is 53.1 Å². The third-order valence-corrected chi connectivity index (χ3v) is 3.44. The highest BCUT2D eigenvalue weighted by atomic mass is 35.5. The fourth-order valence-corrected chi connectivity index (χ4v) is 2.13. The fourth-order valence-electron chi connectivity index (χ4n) is 2.00. The number of nitrogens with zero attached hydrogens (tertiary/aromatic N) is 1. The van der Waals surface area contributed by atoms with Crippen LogP contribution < -0.4 is 0 Å². The molecule has 24 heavy (non-hydrogen) atoms. The molecule has 0 aliphatic rings. The van der Waals surface area contributed by atoms with Crippen LogP contribution in [0.1, 0.15) is 16.1 Å². The summed E-state index contributed by atoms with van der Waals surface area (Å²) in [6.07, 6.45) is 0. The smallest absolute Gasteiger partial charge is 0.341 e. The summed E-state index contributed by atoms with van der Waals surface area (Å²) in [7, 11) is 0. The Morgan fingerprint density at radius 1 is 1.12 bits per heavy atom. The van der Waals surface area contributed by atoms with Crippen molar-refractivity contribution in [3.8, 4) is 11.3 Å². The third-order valence-electron chi connectivity index (χ3n) is 3.19. The molecule has 0 saturated heterocycles. The van der Waals surface area contributed by atoms with E-state index in [-0.39, 0.29) is 12.2 Å². The molecule has 0 unspecified atom stereocenters. The predicted molar refractivity (Wildman–Crippen MR) is 82.4 cm³/mol. The summed E-state index contributed by atoms with van der Waals surface area (Å²) < 4.78 is 36.4. The first-order chi connectivity index (χ1) is 11.5. The van der Waals surface area contributed by atoms with Gasteiger partial charge in [-0.1, -0.05) is 16.8 Å². The van der Waals surface area contributed by atoms with Crippen molar-refractivity contribution in [1.82, 2.24) is 5.16 Å². The molecule has 4 nitrogen and oxygen atoms in total. The molecule has 0 amide bonds. The molecule has 0 N–H and O–H groups in total. The van der Waals surface area contributed by atoms with Crippen LogP contribution >= 0.6 is 11.6 Å². The third kappa shape index (κ3) is 3.60. The lowest BCUT2D eigenvalue weighted by atomic mass is 10.1. The highest BCUT2D eigenvalue weighted by Crippen LogP contribution is 2.22. The van der Waals surface area contributed by atoms with Gasteiger partial charge in [-0.3, -0.25) is 0 Å². The molecule has 0 atom stereocenters. The van der Waals surface area contributed by atoms with Crippen molar-refractivity contribution in [3.63, 3.8) is 0 Å². The summed E-state index contributed by atoms with van der Waals surface area (Å²) in [4.78, 5) is 11.8. The first-order valence-corrected chi connectivity index (χ1v) is 7.24. The van der Waals surface area contributed by atoms with E-state index in [9.17, 15) is 13.6 Å². The van der Waals surface area contributed by atoms with Gasteiger partial charge in [0.15, 0.2) is 5.76 Å². The summed E-state index contributed by atoms with van der Waals surface area (Å²) in [5.41, 5.74) is 0.766. The Balaban J connectivity index is 1.67. The Bertz CT molecular complexity index is 878. The molecular weight excluding hydrogens is 340 g/mol. The lowest BCUT2D eigenvalue weighted by Gasteiger charge is -2.03. The van der Waals surface area contributed by atoms with Gasteiger partial charge in [-0.2, -0.15) is 0 Å². The molecule has 1 heterocycles. The van der Waals surface area contributed by atoms with Crippen LogP contribution in [0.3, 0.4) is 0 Å². The lowest BCUT2D eigenvalue weighted by Crippen LogP contribution is -2.08. The second-order valence-electron chi connectivity index (χ2n) is 4.89. The number of carbonyl (C=O) groups excluding carboxylic acids is 1. The van der Waals surface area contributed by atoms with Crippen LogP contribution in [0.2, 0.25) is 5.02 Å². The largest absolute Gasteiger partial charge is 0.455 e. The number of hydrogen-bond acceptors (Lipinski definition) is 4. The number of carbonyl (C=O) groups is 1. The zero-order valence-electron chi connectivity index (χ0n) is 12.1. The maximum absolute atomic E-state index is 13.5. The monoisotopic (exact) mass is 349 g/mol. The van der Waals surface area contributed by atoms with E-state index in [2.05, 4.69) is 5.16 Å². The molecule has 0 fully saturated rings. The number of halogens is 3. The molecule has 0 saturated carbocycles. The Hall–Kier alpha value is -2.73. The van der Waals surface area contributed by atoms with Crippen molar-refractivity contribution in [1.29, 1.82) is 0 Å². The first kappa shape index (κ1) is 16.1. The van der Waals surface area contributed by atoms with Crippen LogP contribution in [-0.4, -0.2) is 11.1 Å². The van der Waals surface area contributed by atoms with Gasteiger partial charge in [0, 0.05) is 22.7 Å². The van der Waals surface area contributed by atoms with Gasteiger partial charge in [-0.25, -0.2) is 13.6 Å².